The van der Waals surface area contributed by atoms with Crippen LogP contribution >= 0.6 is 12.2 Å². The molecule has 0 unspecified atom stereocenters. The number of anilines is 1. The van der Waals surface area contributed by atoms with Crippen LogP contribution in [0.2, 0.25) is 0 Å². The average Bonchev–Trinajstić information content (AvgIpc) is 2.88. The van der Waals surface area contributed by atoms with Crippen LogP contribution in [-0.4, -0.2) is 20.7 Å². The van der Waals surface area contributed by atoms with Gasteiger partial charge in [-0.3, -0.25) is 9.48 Å². The fourth-order valence-corrected chi connectivity index (χ4v) is 2.56. The van der Waals surface area contributed by atoms with E-state index >= 15 is 0 Å². The van der Waals surface area contributed by atoms with Crippen molar-refractivity contribution in [3.8, 4) is 0 Å². The van der Waals surface area contributed by atoms with E-state index in [2.05, 4.69) is 10.4 Å². The van der Waals surface area contributed by atoms with Gasteiger partial charge in [-0.05, 0) is 12.8 Å². The summed E-state index contributed by atoms with van der Waals surface area (Å²) >= 11 is 4.95. The van der Waals surface area contributed by atoms with Crippen molar-refractivity contribution in [2.24, 2.45) is 18.2 Å². The van der Waals surface area contributed by atoms with Crippen LogP contribution in [0.15, 0.2) is 6.20 Å². The zero-order chi connectivity index (χ0) is 13.3. The molecule has 1 aliphatic rings. The van der Waals surface area contributed by atoms with Crippen molar-refractivity contribution >= 4 is 28.9 Å². The second-order valence-electron chi connectivity index (χ2n) is 5.12. The van der Waals surface area contributed by atoms with E-state index in [9.17, 15) is 4.79 Å². The van der Waals surface area contributed by atoms with Crippen LogP contribution in [0.25, 0.3) is 0 Å². The van der Waals surface area contributed by atoms with Gasteiger partial charge in [-0.25, -0.2) is 0 Å². The Morgan fingerprint density at radius 3 is 2.72 bits per heavy atom. The molecule has 18 heavy (non-hydrogen) atoms. The maximum Gasteiger partial charge on any atom is 0.231 e. The molecule has 0 radical (unpaired) electrons. The fraction of sp³-hybridized carbons (Fsp3) is 0.583. The fourth-order valence-electron chi connectivity index (χ4n) is 2.41. The number of thiocarbonyl (C=S) groups is 1. The first-order valence-electron chi connectivity index (χ1n) is 6.07. The number of carbonyl (C=O) groups excluding carboxylic acids is 1. The quantitative estimate of drug-likeness (QED) is 0.815. The molecule has 3 N–H and O–H groups in total. The van der Waals surface area contributed by atoms with E-state index in [0.29, 0.717) is 11.4 Å². The molecule has 6 heteroatoms. The highest BCUT2D eigenvalue weighted by molar-refractivity contribution is 7.80. The lowest BCUT2D eigenvalue weighted by molar-refractivity contribution is -0.124. The van der Waals surface area contributed by atoms with Gasteiger partial charge in [0, 0.05) is 12.5 Å². The van der Waals surface area contributed by atoms with Crippen molar-refractivity contribution in [3.05, 3.63) is 11.8 Å². The molecular weight excluding hydrogens is 248 g/mol. The Hall–Kier alpha value is -1.43. The van der Waals surface area contributed by atoms with E-state index in [1.807, 2.05) is 6.92 Å². The smallest absolute Gasteiger partial charge is 0.231 e. The molecule has 0 spiro atoms. The molecule has 1 aromatic rings. The second kappa shape index (κ2) is 4.68. The highest BCUT2D eigenvalue weighted by Crippen LogP contribution is 2.38. The molecule has 5 nitrogen and oxygen atoms in total. The second-order valence-corrected chi connectivity index (χ2v) is 5.56. The molecule has 1 heterocycles. The Morgan fingerprint density at radius 1 is 1.56 bits per heavy atom. The van der Waals surface area contributed by atoms with Crippen LogP contribution in [0.1, 0.15) is 38.2 Å². The number of hydrogen-bond acceptors (Lipinski definition) is 3. The van der Waals surface area contributed by atoms with Crippen LogP contribution in [0.3, 0.4) is 0 Å². The third-order valence-electron chi connectivity index (χ3n) is 3.69. The number of aryl methyl sites for hydroxylation is 1. The van der Waals surface area contributed by atoms with Gasteiger partial charge in [-0.1, -0.05) is 32.0 Å². The predicted octanol–water partition coefficient (Wildman–Crippen LogP) is 1.57. The summed E-state index contributed by atoms with van der Waals surface area (Å²) < 4.78 is 1.59. The molecule has 1 aromatic heterocycles. The van der Waals surface area contributed by atoms with E-state index in [4.69, 9.17) is 18.0 Å². The standard InChI is InChI=1S/C12H18N4OS/c1-12(5-3-4-6-12)11(17)15-10-8(9(13)18)7-14-16(10)2/h7H,3-6H2,1-2H3,(H2,13,18)(H,15,17). The maximum absolute atomic E-state index is 12.3. The number of amides is 1. The third-order valence-corrected chi connectivity index (χ3v) is 3.91. The van der Waals surface area contributed by atoms with Crippen molar-refractivity contribution in [2.45, 2.75) is 32.6 Å². The van der Waals surface area contributed by atoms with Crippen LogP contribution in [0.4, 0.5) is 5.82 Å². The lowest BCUT2D eigenvalue weighted by Crippen LogP contribution is -2.32. The molecule has 0 atom stereocenters. The van der Waals surface area contributed by atoms with Gasteiger partial charge in [0.15, 0.2) is 0 Å². The Bertz CT molecular complexity index is 488. The summed E-state index contributed by atoms with van der Waals surface area (Å²) in [6.45, 7) is 2.01. The van der Waals surface area contributed by atoms with E-state index in [1.165, 1.54) is 0 Å². The molecule has 1 aliphatic carbocycles. The summed E-state index contributed by atoms with van der Waals surface area (Å²) in [5.74, 6) is 0.613. The van der Waals surface area contributed by atoms with Crippen molar-refractivity contribution in [1.82, 2.24) is 9.78 Å². The van der Waals surface area contributed by atoms with Gasteiger partial charge in [-0.2, -0.15) is 5.10 Å². The van der Waals surface area contributed by atoms with Crippen molar-refractivity contribution in [3.63, 3.8) is 0 Å². The topological polar surface area (TPSA) is 72.9 Å². The summed E-state index contributed by atoms with van der Waals surface area (Å²) in [4.78, 5) is 12.6. The number of hydrogen-bond donors (Lipinski definition) is 2. The van der Waals surface area contributed by atoms with Gasteiger partial charge >= 0.3 is 0 Å². The third kappa shape index (κ3) is 2.25. The summed E-state index contributed by atoms with van der Waals surface area (Å²) in [5.41, 5.74) is 5.95. The highest BCUT2D eigenvalue weighted by atomic mass is 32.1. The van der Waals surface area contributed by atoms with Crippen LogP contribution < -0.4 is 11.1 Å². The molecule has 2 rings (SSSR count). The van der Waals surface area contributed by atoms with Gasteiger partial charge in [-0.15, -0.1) is 0 Å². The molecule has 1 saturated carbocycles. The largest absolute Gasteiger partial charge is 0.389 e. The minimum absolute atomic E-state index is 0.0288. The van der Waals surface area contributed by atoms with Crippen LogP contribution in [0, 0.1) is 5.41 Å². The molecule has 0 bridgehead atoms. The van der Waals surface area contributed by atoms with Crippen LogP contribution in [0.5, 0.6) is 0 Å². The molecular formula is C12H18N4OS. The van der Waals surface area contributed by atoms with Gasteiger partial charge in [0.2, 0.25) is 5.91 Å². The molecule has 1 fully saturated rings. The monoisotopic (exact) mass is 266 g/mol. The maximum atomic E-state index is 12.3. The number of aromatic nitrogens is 2. The van der Waals surface area contributed by atoms with E-state index in [-0.39, 0.29) is 16.3 Å². The predicted molar refractivity (Wildman–Crippen MR) is 74.3 cm³/mol. The SMILES string of the molecule is Cn1ncc(C(N)=S)c1NC(=O)C1(C)CCCC1. The summed E-state index contributed by atoms with van der Waals surface area (Å²) in [7, 11) is 1.76. The Morgan fingerprint density at radius 2 is 2.17 bits per heavy atom. The summed E-state index contributed by atoms with van der Waals surface area (Å²) in [6, 6.07) is 0. The van der Waals surface area contributed by atoms with Gasteiger partial charge in [0.25, 0.3) is 0 Å². The molecule has 98 valence electrons. The normalized spacial score (nSPS) is 17.7. The van der Waals surface area contributed by atoms with Crippen molar-refractivity contribution in [1.29, 1.82) is 0 Å². The Balaban J connectivity index is 2.21. The lowest BCUT2D eigenvalue weighted by Gasteiger charge is -2.22. The lowest BCUT2D eigenvalue weighted by atomic mass is 9.88. The summed E-state index contributed by atoms with van der Waals surface area (Å²) in [6.07, 6.45) is 5.65. The number of carbonyl (C=O) groups is 1. The van der Waals surface area contributed by atoms with E-state index in [1.54, 1.807) is 17.9 Å². The first-order valence-corrected chi connectivity index (χ1v) is 6.48. The highest BCUT2D eigenvalue weighted by Gasteiger charge is 2.36. The first-order chi connectivity index (χ1) is 8.44. The zero-order valence-corrected chi connectivity index (χ0v) is 11.5. The van der Waals surface area contributed by atoms with Gasteiger partial charge in [0.05, 0.1) is 11.8 Å². The number of nitrogens with two attached hydrogens (primary N) is 1. The Kier molecular flexibility index (Phi) is 3.38. The van der Waals surface area contributed by atoms with Gasteiger partial charge in [0.1, 0.15) is 10.8 Å². The zero-order valence-electron chi connectivity index (χ0n) is 10.7. The van der Waals surface area contributed by atoms with Crippen molar-refractivity contribution in [2.75, 3.05) is 5.32 Å². The molecule has 0 aromatic carbocycles. The first kappa shape index (κ1) is 13.0. The van der Waals surface area contributed by atoms with E-state index in [0.717, 1.165) is 25.7 Å². The number of nitrogens with zero attached hydrogens (tertiary/aromatic N) is 2. The molecule has 0 saturated heterocycles. The summed E-state index contributed by atoms with van der Waals surface area (Å²) in [5, 5.41) is 6.99. The van der Waals surface area contributed by atoms with Crippen molar-refractivity contribution < 1.29 is 4.79 Å². The number of rotatable bonds is 3. The number of nitrogens with one attached hydrogen (secondary N) is 1. The minimum Gasteiger partial charge on any atom is -0.389 e. The minimum atomic E-state index is -0.280. The van der Waals surface area contributed by atoms with E-state index < -0.39 is 0 Å². The van der Waals surface area contributed by atoms with Gasteiger partial charge < -0.3 is 11.1 Å². The molecule has 1 amide bonds. The average molecular weight is 266 g/mol. The Labute approximate surface area is 112 Å². The molecule has 0 aliphatic heterocycles. The van der Waals surface area contributed by atoms with Crippen LogP contribution in [-0.2, 0) is 11.8 Å².